The number of halogens is 1. The first-order valence-corrected chi connectivity index (χ1v) is 9.14. The number of nitrogens with one attached hydrogen (secondary N) is 2. The first-order chi connectivity index (χ1) is 12.1. The number of guanidine groups is 1. The summed E-state index contributed by atoms with van der Waals surface area (Å²) in [5.74, 6) is 1.72. The number of nitrogens with zero attached hydrogens (tertiary/aromatic N) is 2. The average molecular weight is 476 g/mol. The van der Waals surface area contributed by atoms with Gasteiger partial charge >= 0.3 is 0 Å². The van der Waals surface area contributed by atoms with Crippen LogP contribution < -0.4 is 15.4 Å². The molecule has 0 atom stereocenters. The second kappa shape index (κ2) is 12.3. The summed E-state index contributed by atoms with van der Waals surface area (Å²) in [5.41, 5.74) is 0.0205. The molecule has 2 N–H and O–H groups in total. The Labute approximate surface area is 174 Å². The second-order valence-electron chi connectivity index (χ2n) is 6.70. The fourth-order valence-electron chi connectivity index (χ4n) is 2.74. The van der Waals surface area contributed by atoms with Crippen molar-refractivity contribution < 1.29 is 9.47 Å². The molecule has 1 heterocycles. The summed E-state index contributed by atoms with van der Waals surface area (Å²) in [6, 6.07) is 9.86. The maximum absolute atomic E-state index is 5.71. The molecule has 1 fully saturated rings. The van der Waals surface area contributed by atoms with Crippen LogP contribution in [0.3, 0.4) is 0 Å². The van der Waals surface area contributed by atoms with Gasteiger partial charge in [-0.05, 0) is 32.9 Å². The monoisotopic (exact) mass is 476 g/mol. The van der Waals surface area contributed by atoms with Gasteiger partial charge in [0, 0.05) is 25.2 Å². The van der Waals surface area contributed by atoms with Crippen LogP contribution in [0, 0.1) is 0 Å². The predicted octanol–water partition coefficient (Wildman–Crippen LogP) is 2.35. The number of aliphatic imine (C=N–C) groups is 1. The molecule has 0 bridgehead atoms. The van der Waals surface area contributed by atoms with Crippen molar-refractivity contribution in [3.05, 3.63) is 30.3 Å². The first kappa shape index (κ1) is 23.0. The quantitative estimate of drug-likeness (QED) is 0.261. The third kappa shape index (κ3) is 8.09. The van der Waals surface area contributed by atoms with E-state index in [1.807, 2.05) is 30.3 Å². The van der Waals surface area contributed by atoms with Gasteiger partial charge in [0.25, 0.3) is 0 Å². The minimum Gasteiger partial charge on any atom is -0.492 e. The molecule has 1 saturated heterocycles. The average Bonchev–Trinajstić information content (AvgIpc) is 2.65. The van der Waals surface area contributed by atoms with E-state index >= 15 is 0 Å². The number of hydrogen-bond donors (Lipinski definition) is 2. The van der Waals surface area contributed by atoms with Crippen molar-refractivity contribution in [2.24, 2.45) is 4.99 Å². The van der Waals surface area contributed by atoms with Gasteiger partial charge in [-0.3, -0.25) is 9.89 Å². The Kier molecular flexibility index (Phi) is 10.9. The number of para-hydroxylation sites is 1. The molecular weight excluding hydrogens is 443 g/mol. The van der Waals surface area contributed by atoms with Gasteiger partial charge < -0.3 is 20.1 Å². The molecule has 1 aromatic rings. The molecule has 0 radical (unpaired) electrons. The third-order valence-corrected chi connectivity index (χ3v) is 4.24. The maximum atomic E-state index is 5.71. The van der Waals surface area contributed by atoms with E-state index in [2.05, 4.69) is 36.3 Å². The molecule has 0 spiro atoms. The summed E-state index contributed by atoms with van der Waals surface area (Å²) in [6.45, 7) is 13.0. The number of hydrogen-bond acceptors (Lipinski definition) is 4. The zero-order valence-electron chi connectivity index (χ0n) is 16.2. The molecular formula is C19H33IN4O2. The molecule has 0 aliphatic carbocycles. The highest BCUT2D eigenvalue weighted by Gasteiger charge is 2.28. The third-order valence-electron chi connectivity index (χ3n) is 4.24. The van der Waals surface area contributed by atoms with Gasteiger partial charge in [0.15, 0.2) is 5.96 Å². The zero-order chi connectivity index (χ0) is 18.0. The van der Waals surface area contributed by atoms with Crippen LogP contribution in [0.1, 0.15) is 20.8 Å². The molecule has 1 aliphatic heterocycles. The van der Waals surface area contributed by atoms with Crippen LogP contribution in [0.15, 0.2) is 35.3 Å². The molecule has 7 heteroatoms. The molecule has 0 aromatic heterocycles. The Balaban J connectivity index is 0.00000338. The first-order valence-electron chi connectivity index (χ1n) is 9.14. The van der Waals surface area contributed by atoms with Crippen molar-refractivity contribution >= 4 is 29.9 Å². The molecule has 148 valence electrons. The van der Waals surface area contributed by atoms with E-state index in [9.17, 15) is 0 Å². The number of rotatable bonds is 8. The highest BCUT2D eigenvalue weighted by Crippen LogP contribution is 2.16. The summed E-state index contributed by atoms with van der Waals surface area (Å²) < 4.78 is 11.2. The maximum Gasteiger partial charge on any atom is 0.191 e. The summed E-state index contributed by atoms with van der Waals surface area (Å²) in [7, 11) is 0. The smallest absolute Gasteiger partial charge is 0.191 e. The van der Waals surface area contributed by atoms with Crippen molar-refractivity contribution in [2.45, 2.75) is 26.3 Å². The van der Waals surface area contributed by atoms with Crippen LogP contribution >= 0.6 is 24.0 Å². The van der Waals surface area contributed by atoms with E-state index in [1.165, 1.54) is 0 Å². The second-order valence-corrected chi connectivity index (χ2v) is 6.70. The van der Waals surface area contributed by atoms with E-state index in [0.717, 1.165) is 51.1 Å². The van der Waals surface area contributed by atoms with Crippen LogP contribution in [0.25, 0.3) is 0 Å². The van der Waals surface area contributed by atoms with Crippen LogP contribution in [0.2, 0.25) is 0 Å². The lowest BCUT2D eigenvalue weighted by Crippen LogP contribution is -2.52. The molecule has 0 saturated carbocycles. The molecule has 0 unspecified atom stereocenters. The predicted molar refractivity (Wildman–Crippen MR) is 118 cm³/mol. The van der Waals surface area contributed by atoms with E-state index in [4.69, 9.17) is 14.5 Å². The fourth-order valence-corrected chi connectivity index (χ4v) is 2.74. The van der Waals surface area contributed by atoms with Crippen molar-refractivity contribution in [3.63, 3.8) is 0 Å². The van der Waals surface area contributed by atoms with E-state index in [-0.39, 0.29) is 29.5 Å². The van der Waals surface area contributed by atoms with E-state index in [0.29, 0.717) is 13.2 Å². The Morgan fingerprint density at radius 3 is 2.54 bits per heavy atom. The highest BCUT2D eigenvalue weighted by atomic mass is 127. The van der Waals surface area contributed by atoms with Gasteiger partial charge in [-0.15, -0.1) is 24.0 Å². The van der Waals surface area contributed by atoms with E-state index < -0.39 is 0 Å². The largest absolute Gasteiger partial charge is 0.492 e. The SMILES string of the molecule is CCNC(=NCC(C)(C)N1CCOCC1)NCCOc1ccccc1.I. The summed E-state index contributed by atoms with van der Waals surface area (Å²) in [6.07, 6.45) is 0. The lowest BCUT2D eigenvalue weighted by Gasteiger charge is -2.39. The fraction of sp³-hybridized carbons (Fsp3) is 0.632. The van der Waals surface area contributed by atoms with Crippen molar-refractivity contribution in [3.8, 4) is 5.75 Å². The molecule has 1 aromatic carbocycles. The minimum atomic E-state index is 0. The molecule has 6 nitrogen and oxygen atoms in total. The standard InChI is InChI=1S/C19H32N4O2.HI/c1-4-20-18(21-10-13-25-17-8-6-5-7-9-17)22-16-19(2,3)23-11-14-24-15-12-23;/h5-9H,4,10-16H2,1-3H3,(H2,20,21,22);1H. The van der Waals surface area contributed by atoms with Crippen LogP contribution in [0.4, 0.5) is 0 Å². The van der Waals surface area contributed by atoms with Gasteiger partial charge in [-0.25, -0.2) is 0 Å². The molecule has 2 rings (SSSR count). The van der Waals surface area contributed by atoms with Crippen molar-refractivity contribution in [1.82, 2.24) is 15.5 Å². The molecule has 0 amide bonds. The summed E-state index contributed by atoms with van der Waals surface area (Å²) in [4.78, 5) is 7.21. The van der Waals surface area contributed by atoms with Gasteiger partial charge in [-0.1, -0.05) is 18.2 Å². The molecule has 1 aliphatic rings. The van der Waals surface area contributed by atoms with Gasteiger partial charge in [0.1, 0.15) is 12.4 Å². The van der Waals surface area contributed by atoms with E-state index in [1.54, 1.807) is 0 Å². The van der Waals surface area contributed by atoms with Crippen LogP contribution in [-0.4, -0.2) is 68.9 Å². The number of benzene rings is 1. The minimum absolute atomic E-state index is 0. The van der Waals surface area contributed by atoms with Crippen LogP contribution in [-0.2, 0) is 4.74 Å². The highest BCUT2D eigenvalue weighted by molar-refractivity contribution is 14.0. The van der Waals surface area contributed by atoms with Gasteiger partial charge in [0.2, 0.25) is 0 Å². The Hall–Kier alpha value is -1.06. The number of ether oxygens (including phenoxy) is 2. The Bertz CT molecular complexity index is 520. The van der Waals surface area contributed by atoms with Crippen LogP contribution in [0.5, 0.6) is 5.75 Å². The topological polar surface area (TPSA) is 58.1 Å². The van der Waals surface area contributed by atoms with Gasteiger partial charge in [-0.2, -0.15) is 0 Å². The Morgan fingerprint density at radius 2 is 1.88 bits per heavy atom. The zero-order valence-corrected chi connectivity index (χ0v) is 18.5. The van der Waals surface area contributed by atoms with Gasteiger partial charge in [0.05, 0.1) is 26.3 Å². The summed E-state index contributed by atoms with van der Waals surface area (Å²) in [5, 5.41) is 6.63. The Morgan fingerprint density at radius 1 is 1.19 bits per heavy atom. The molecule has 26 heavy (non-hydrogen) atoms. The number of morpholine rings is 1. The lowest BCUT2D eigenvalue weighted by atomic mass is 10.0. The van der Waals surface area contributed by atoms with Crippen molar-refractivity contribution in [1.29, 1.82) is 0 Å². The van der Waals surface area contributed by atoms with Crippen molar-refractivity contribution in [2.75, 3.05) is 52.5 Å². The lowest BCUT2D eigenvalue weighted by molar-refractivity contribution is -0.00683. The normalized spacial score (nSPS) is 15.9. The summed E-state index contributed by atoms with van der Waals surface area (Å²) >= 11 is 0.